The van der Waals surface area contributed by atoms with E-state index >= 15 is 0 Å². The van der Waals surface area contributed by atoms with Crippen molar-refractivity contribution < 1.29 is 0 Å². The van der Waals surface area contributed by atoms with Gasteiger partial charge in [-0.3, -0.25) is 0 Å². The SMILES string of the molecule is [C-]#[N+]c1ccc(/C=C/c2ccc(/C=C/c3ccccc3)cc2)cc1. The molecule has 24 heavy (non-hydrogen) atoms. The van der Waals surface area contributed by atoms with Crippen LogP contribution in [0, 0.1) is 6.57 Å². The molecule has 0 bridgehead atoms. The van der Waals surface area contributed by atoms with E-state index in [0.717, 1.165) is 11.1 Å². The van der Waals surface area contributed by atoms with Crippen LogP contribution in [0.25, 0.3) is 29.1 Å². The lowest BCUT2D eigenvalue weighted by atomic mass is 10.1. The standard InChI is InChI=1S/C23H17N/c1-24-23-17-15-22(16-18-23)14-13-21-11-9-20(10-12-21)8-7-19-5-3-2-4-6-19/h2-18H/b8-7+,14-13+. The first kappa shape index (κ1) is 15.5. The van der Waals surface area contributed by atoms with Crippen molar-refractivity contribution in [3.63, 3.8) is 0 Å². The van der Waals surface area contributed by atoms with Crippen LogP contribution < -0.4 is 0 Å². The fraction of sp³-hybridized carbons (Fsp3) is 0. The number of rotatable bonds is 4. The molecule has 0 saturated carbocycles. The van der Waals surface area contributed by atoms with Crippen LogP contribution in [0.5, 0.6) is 0 Å². The monoisotopic (exact) mass is 307 g/mol. The summed E-state index contributed by atoms with van der Waals surface area (Å²) in [6.45, 7) is 6.96. The summed E-state index contributed by atoms with van der Waals surface area (Å²) >= 11 is 0. The molecule has 3 rings (SSSR count). The smallest absolute Gasteiger partial charge is 0.187 e. The van der Waals surface area contributed by atoms with Crippen molar-refractivity contribution in [3.8, 4) is 0 Å². The van der Waals surface area contributed by atoms with Gasteiger partial charge in [-0.25, -0.2) is 4.85 Å². The molecule has 0 aromatic heterocycles. The van der Waals surface area contributed by atoms with Crippen LogP contribution in [-0.2, 0) is 0 Å². The summed E-state index contributed by atoms with van der Waals surface area (Å²) in [5.74, 6) is 0. The van der Waals surface area contributed by atoms with Gasteiger partial charge in [0.15, 0.2) is 5.69 Å². The lowest BCUT2D eigenvalue weighted by Gasteiger charge is -1.98. The maximum Gasteiger partial charge on any atom is 0.187 e. The van der Waals surface area contributed by atoms with E-state index < -0.39 is 0 Å². The van der Waals surface area contributed by atoms with Crippen molar-refractivity contribution in [2.45, 2.75) is 0 Å². The molecule has 0 spiro atoms. The second-order valence-corrected chi connectivity index (χ2v) is 5.45. The molecule has 1 nitrogen and oxygen atoms in total. The lowest BCUT2D eigenvalue weighted by Crippen LogP contribution is -1.76. The Hall–Kier alpha value is -3.37. The molecular weight excluding hydrogens is 290 g/mol. The Kier molecular flexibility index (Phi) is 5.02. The number of hydrogen-bond donors (Lipinski definition) is 0. The van der Waals surface area contributed by atoms with E-state index in [4.69, 9.17) is 6.57 Å². The predicted molar refractivity (Wildman–Crippen MR) is 103 cm³/mol. The minimum absolute atomic E-state index is 0.668. The summed E-state index contributed by atoms with van der Waals surface area (Å²) in [5, 5.41) is 0. The van der Waals surface area contributed by atoms with Crippen LogP contribution in [0.3, 0.4) is 0 Å². The third kappa shape index (κ3) is 4.32. The Labute approximate surface area is 143 Å². The van der Waals surface area contributed by atoms with Crippen LogP contribution in [0.1, 0.15) is 22.3 Å². The Morgan fingerprint density at radius 3 is 1.29 bits per heavy atom. The van der Waals surface area contributed by atoms with E-state index in [1.807, 2.05) is 42.5 Å². The van der Waals surface area contributed by atoms with E-state index in [1.54, 1.807) is 0 Å². The molecule has 3 aromatic rings. The average molecular weight is 307 g/mol. The maximum absolute atomic E-state index is 6.96. The molecular formula is C23H17N. The summed E-state index contributed by atoms with van der Waals surface area (Å²) in [6, 6.07) is 26.3. The van der Waals surface area contributed by atoms with Gasteiger partial charge in [0.25, 0.3) is 0 Å². The van der Waals surface area contributed by atoms with Crippen LogP contribution in [0.15, 0.2) is 78.9 Å². The summed E-state index contributed by atoms with van der Waals surface area (Å²) in [7, 11) is 0. The summed E-state index contributed by atoms with van der Waals surface area (Å²) in [6.07, 6.45) is 8.37. The highest BCUT2D eigenvalue weighted by atomic mass is 14.6. The van der Waals surface area contributed by atoms with Gasteiger partial charge < -0.3 is 0 Å². The molecule has 0 aliphatic carbocycles. The molecule has 1 heteroatoms. The van der Waals surface area contributed by atoms with Gasteiger partial charge in [0, 0.05) is 0 Å². The van der Waals surface area contributed by atoms with Gasteiger partial charge in [-0.1, -0.05) is 103 Å². The number of nitrogens with zero attached hydrogens (tertiary/aromatic N) is 1. The topological polar surface area (TPSA) is 4.36 Å². The van der Waals surface area contributed by atoms with Crippen LogP contribution >= 0.6 is 0 Å². The first-order chi connectivity index (χ1) is 11.8. The molecule has 0 unspecified atom stereocenters. The number of hydrogen-bond acceptors (Lipinski definition) is 0. The molecule has 0 fully saturated rings. The molecule has 0 aliphatic heterocycles. The van der Waals surface area contributed by atoms with Gasteiger partial charge in [0.2, 0.25) is 0 Å². The van der Waals surface area contributed by atoms with Gasteiger partial charge in [-0.15, -0.1) is 0 Å². The van der Waals surface area contributed by atoms with Crippen LogP contribution in [0.2, 0.25) is 0 Å². The molecule has 0 N–H and O–H groups in total. The second-order valence-electron chi connectivity index (χ2n) is 5.45. The molecule has 114 valence electrons. The molecule has 0 saturated heterocycles. The normalized spacial score (nSPS) is 11.0. The first-order valence-corrected chi connectivity index (χ1v) is 7.82. The summed E-state index contributed by atoms with van der Waals surface area (Å²) in [5.41, 5.74) is 5.29. The van der Waals surface area contributed by atoms with Crippen LogP contribution in [-0.4, -0.2) is 0 Å². The third-order valence-corrected chi connectivity index (χ3v) is 3.69. The van der Waals surface area contributed by atoms with Gasteiger partial charge in [-0.05, 0) is 22.3 Å². The van der Waals surface area contributed by atoms with E-state index in [-0.39, 0.29) is 0 Å². The Balaban J connectivity index is 1.67. The fourth-order valence-electron chi connectivity index (χ4n) is 2.33. The first-order valence-electron chi connectivity index (χ1n) is 7.82. The minimum atomic E-state index is 0.668. The van der Waals surface area contributed by atoms with Gasteiger partial charge in [-0.2, -0.15) is 0 Å². The highest BCUT2D eigenvalue weighted by molar-refractivity contribution is 5.73. The van der Waals surface area contributed by atoms with Crippen molar-refractivity contribution in [3.05, 3.63) is 113 Å². The van der Waals surface area contributed by atoms with Crippen molar-refractivity contribution >= 4 is 30.0 Å². The van der Waals surface area contributed by atoms with Gasteiger partial charge in [0.05, 0.1) is 6.57 Å². The number of benzene rings is 3. The van der Waals surface area contributed by atoms with Crippen molar-refractivity contribution in [1.29, 1.82) is 0 Å². The molecule has 0 radical (unpaired) electrons. The van der Waals surface area contributed by atoms with Crippen molar-refractivity contribution in [2.75, 3.05) is 0 Å². The predicted octanol–water partition coefficient (Wildman–Crippen LogP) is 6.58. The van der Waals surface area contributed by atoms with Gasteiger partial charge >= 0.3 is 0 Å². The Morgan fingerprint density at radius 2 is 0.875 bits per heavy atom. The average Bonchev–Trinajstić information content (AvgIpc) is 2.67. The zero-order valence-electron chi connectivity index (χ0n) is 13.3. The second kappa shape index (κ2) is 7.76. The lowest BCUT2D eigenvalue weighted by molar-refractivity contribution is 1.61. The van der Waals surface area contributed by atoms with Crippen molar-refractivity contribution in [1.82, 2.24) is 0 Å². The maximum atomic E-state index is 6.96. The molecule has 0 amide bonds. The Morgan fingerprint density at radius 1 is 0.500 bits per heavy atom. The van der Waals surface area contributed by atoms with Crippen LogP contribution in [0.4, 0.5) is 5.69 Å². The summed E-state index contributed by atoms with van der Waals surface area (Å²) < 4.78 is 0. The summed E-state index contributed by atoms with van der Waals surface area (Å²) in [4.78, 5) is 3.40. The zero-order valence-corrected chi connectivity index (χ0v) is 13.3. The largest absolute Gasteiger partial charge is 0.238 e. The molecule has 0 atom stereocenters. The van der Waals surface area contributed by atoms with E-state index in [2.05, 4.69) is 65.5 Å². The quantitative estimate of drug-likeness (QED) is 0.379. The zero-order chi connectivity index (χ0) is 16.6. The molecule has 0 aliphatic rings. The molecule has 0 heterocycles. The highest BCUT2D eigenvalue weighted by Gasteiger charge is 1.92. The van der Waals surface area contributed by atoms with E-state index in [0.29, 0.717) is 5.69 Å². The fourth-order valence-corrected chi connectivity index (χ4v) is 2.33. The Bertz CT molecular complexity index is 878. The van der Waals surface area contributed by atoms with Crippen molar-refractivity contribution in [2.24, 2.45) is 0 Å². The van der Waals surface area contributed by atoms with E-state index in [1.165, 1.54) is 11.1 Å². The molecule has 3 aromatic carbocycles. The van der Waals surface area contributed by atoms with E-state index in [9.17, 15) is 0 Å². The third-order valence-electron chi connectivity index (χ3n) is 3.69. The highest BCUT2D eigenvalue weighted by Crippen LogP contribution is 2.15. The van der Waals surface area contributed by atoms with Gasteiger partial charge in [0.1, 0.15) is 0 Å². The minimum Gasteiger partial charge on any atom is -0.238 e.